The highest BCUT2D eigenvalue weighted by Gasteiger charge is 2.19. The van der Waals surface area contributed by atoms with Gasteiger partial charge in [-0.05, 0) is 36.9 Å². The van der Waals surface area contributed by atoms with E-state index in [-0.39, 0.29) is 17.2 Å². The van der Waals surface area contributed by atoms with Crippen LogP contribution in [0.1, 0.15) is 5.56 Å². The number of aromatic nitrogens is 2. The van der Waals surface area contributed by atoms with Crippen LogP contribution in [0, 0.1) is 5.82 Å². The van der Waals surface area contributed by atoms with Gasteiger partial charge in [0.25, 0.3) is 0 Å². The number of para-hydroxylation sites is 1. The van der Waals surface area contributed by atoms with Crippen molar-refractivity contribution in [3.8, 4) is 0 Å². The van der Waals surface area contributed by atoms with E-state index >= 15 is 0 Å². The van der Waals surface area contributed by atoms with E-state index in [2.05, 4.69) is 27.2 Å². The van der Waals surface area contributed by atoms with E-state index in [1.54, 1.807) is 12.1 Å². The Bertz CT molecular complexity index is 984. The van der Waals surface area contributed by atoms with Crippen LogP contribution in [0.4, 0.5) is 15.9 Å². The molecule has 0 spiro atoms. The van der Waals surface area contributed by atoms with Crippen molar-refractivity contribution in [2.24, 2.45) is 0 Å². The molecule has 0 saturated carbocycles. The van der Waals surface area contributed by atoms with Crippen LogP contribution in [0.2, 0.25) is 0 Å². The van der Waals surface area contributed by atoms with Crippen molar-refractivity contribution >= 4 is 28.3 Å². The van der Waals surface area contributed by atoms with Gasteiger partial charge in [-0.25, -0.2) is 14.4 Å². The monoisotopic (exact) mass is 379 g/mol. The molecule has 144 valence electrons. The standard InChI is InChI=1S/C21H22FN5O/c1-26-9-11-27(12-10-26)19(28)13-15-5-7-16(8-6-15)25-21-17-3-2-4-18(22)20(17)23-14-24-21/h2-8,14H,9-13H2,1H3,(H,23,24,25). The highest BCUT2D eigenvalue weighted by molar-refractivity contribution is 5.90. The Kier molecular flexibility index (Phi) is 5.16. The number of benzene rings is 2. The SMILES string of the molecule is CN1CCN(C(=O)Cc2ccc(Nc3ncnc4c(F)cccc34)cc2)CC1. The quantitative estimate of drug-likeness (QED) is 0.755. The van der Waals surface area contributed by atoms with Crippen molar-refractivity contribution in [3.63, 3.8) is 0 Å². The Balaban J connectivity index is 1.44. The fourth-order valence-corrected chi connectivity index (χ4v) is 3.34. The highest BCUT2D eigenvalue weighted by atomic mass is 19.1. The Hall–Kier alpha value is -3.06. The van der Waals surface area contributed by atoms with Gasteiger partial charge in [-0.3, -0.25) is 4.79 Å². The third kappa shape index (κ3) is 3.94. The number of nitrogens with one attached hydrogen (secondary N) is 1. The van der Waals surface area contributed by atoms with Gasteiger partial charge in [-0.15, -0.1) is 0 Å². The zero-order valence-electron chi connectivity index (χ0n) is 15.7. The molecule has 2 heterocycles. The van der Waals surface area contributed by atoms with Gasteiger partial charge in [0.15, 0.2) is 0 Å². The van der Waals surface area contributed by atoms with E-state index in [1.165, 1.54) is 12.4 Å². The summed E-state index contributed by atoms with van der Waals surface area (Å²) in [6.45, 7) is 3.41. The molecule has 1 aliphatic heterocycles. The summed E-state index contributed by atoms with van der Waals surface area (Å²) in [6.07, 6.45) is 1.74. The van der Waals surface area contributed by atoms with Gasteiger partial charge >= 0.3 is 0 Å². The Morgan fingerprint density at radius 1 is 1.07 bits per heavy atom. The number of likely N-dealkylation sites (N-methyl/N-ethyl adjacent to an activating group) is 1. The van der Waals surface area contributed by atoms with E-state index in [0.29, 0.717) is 17.6 Å². The first kappa shape index (κ1) is 18.3. The highest BCUT2D eigenvalue weighted by Crippen LogP contribution is 2.24. The maximum absolute atomic E-state index is 13.9. The maximum Gasteiger partial charge on any atom is 0.227 e. The van der Waals surface area contributed by atoms with Crippen LogP contribution in [0.5, 0.6) is 0 Å². The van der Waals surface area contributed by atoms with Crippen LogP contribution >= 0.6 is 0 Å². The van der Waals surface area contributed by atoms with Crippen molar-refractivity contribution in [2.45, 2.75) is 6.42 Å². The second-order valence-electron chi connectivity index (χ2n) is 7.04. The third-order valence-electron chi connectivity index (χ3n) is 5.04. The lowest BCUT2D eigenvalue weighted by Gasteiger charge is -2.32. The number of hydrogen-bond donors (Lipinski definition) is 1. The van der Waals surface area contributed by atoms with Gasteiger partial charge in [0, 0.05) is 37.3 Å². The van der Waals surface area contributed by atoms with Gasteiger partial charge in [-0.2, -0.15) is 0 Å². The fourth-order valence-electron chi connectivity index (χ4n) is 3.34. The van der Waals surface area contributed by atoms with Crippen LogP contribution in [-0.4, -0.2) is 58.9 Å². The molecule has 7 heteroatoms. The summed E-state index contributed by atoms with van der Waals surface area (Å²) in [5.74, 6) is 0.331. The topological polar surface area (TPSA) is 61.4 Å². The number of nitrogens with zero attached hydrogens (tertiary/aromatic N) is 4. The van der Waals surface area contributed by atoms with Gasteiger partial charge < -0.3 is 15.1 Å². The van der Waals surface area contributed by atoms with Crippen LogP contribution in [-0.2, 0) is 11.2 Å². The molecule has 0 radical (unpaired) electrons. The summed E-state index contributed by atoms with van der Waals surface area (Å²) in [5, 5.41) is 3.83. The van der Waals surface area contributed by atoms with Crippen LogP contribution < -0.4 is 5.32 Å². The molecule has 0 aliphatic carbocycles. The lowest BCUT2D eigenvalue weighted by Crippen LogP contribution is -2.47. The van der Waals surface area contributed by atoms with Crippen molar-refractivity contribution in [1.29, 1.82) is 0 Å². The molecule has 2 aromatic carbocycles. The fraction of sp³-hybridized carbons (Fsp3) is 0.286. The first-order chi connectivity index (χ1) is 13.6. The minimum Gasteiger partial charge on any atom is -0.340 e. The molecule has 3 aromatic rings. The molecular formula is C21H22FN5O. The third-order valence-corrected chi connectivity index (χ3v) is 5.04. The van der Waals surface area contributed by atoms with Crippen LogP contribution in [0.15, 0.2) is 48.8 Å². The molecule has 1 aliphatic rings. The van der Waals surface area contributed by atoms with Crippen LogP contribution in [0.3, 0.4) is 0 Å². The molecular weight excluding hydrogens is 357 g/mol. The molecule has 0 unspecified atom stereocenters. The van der Waals surface area contributed by atoms with Gasteiger partial charge in [0.1, 0.15) is 23.5 Å². The minimum atomic E-state index is -0.374. The average Bonchev–Trinajstić information content (AvgIpc) is 2.71. The maximum atomic E-state index is 13.9. The van der Waals surface area contributed by atoms with Crippen molar-refractivity contribution in [2.75, 3.05) is 38.5 Å². The smallest absolute Gasteiger partial charge is 0.227 e. The molecule has 1 amide bonds. The van der Waals surface area contributed by atoms with E-state index in [0.717, 1.165) is 37.4 Å². The molecule has 0 atom stereocenters. The normalized spacial score (nSPS) is 15.0. The lowest BCUT2D eigenvalue weighted by atomic mass is 10.1. The summed E-state index contributed by atoms with van der Waals surface area (Å²) < 4.78 is 13.9. The average molecular weight is 379 g/mol. The van der Waals surface area contributed by atoms with Gasteiger partial charge in [0.2, 0.25) is 5.91 Å². The predicted molar refractivity (Wildman–Crippen MR) is 107 cm³/mol. The number of anilines is 2. The number of halogens is 1. The molecule has 1 aromatic heterocycles. The van der Waals surface area contributed by atoms with Gasteiger partial charge in [0.05, 0.1) is 6.42 Å². The van der Waals surface area contributed by atoms with E-state index in [4.69, 9.17) is 0 Å². The summed E-state index contributed by atoms with van der Waals surface area (Å²) in [7, 11) is 2.07. The molecule has 1 fully saturated rings. The van der Waals surface area contributed by atoms with Crippen molar-refractivity contribution in [1.82, 2.24) is 19.8 Å². The number of carbonyl (C=O) groups excluding carboxylic acids is 1. The Morgan fingerprint density at radius 2 is 1.82 bits per heavy atom. The number of fused-ring (bicyclic) bond motifs is 1. The zero-order chi connectivity index (χ0) is 19.5. The van der Waals surface area contributed by atoms with Gasteiger partial charge in [-0.1, -0.05) is 18.2 Å². The van der Waals surface area contributed by atoms with Crippen molar-refractivity contribution in [3.05, 3.63) is 60.2 Å². The molecule has 4 rings (SSSR count). The number of amides is 1. The number of hydrogen-bond acceptors (Lipinski definition) is 5. The number of rotatable bonds is 4. The van der Waals surface area contributed by atoms with Crippen LogP contribution in [0.25, 0.3) is 10.9 Å². The van der Waals surface area contributed by atoms with Crippen molar-refractivity contribution < 1.29 is 9.18 Å². The molecule has 6 nitrogen and oxygen atoms in total. The lowest BCUT2D eigenvalue weighted by molar-refractivity contribution is -0.132. The summed E-state index contributed by atoms with van der Waals surface area (Å²) in [6, 6.07) is 12.5. The predicted octanol–water partition coefficient (Wildman–Crippen LogP) is 2.83. The largest absolute Gasteiger partial charge is 0.340 e. The Morgan fingerprint density at radius 3 is 2.57 bits per heavy atom. The van der Waals surface area contributed by atoms with E-state index < -0.39 is 0 Å². The first-order valence-electron chi connectivity index (χ1n) is 9.31. The molecule has 1 N–H and O–H groups in total. The van der Waals surface area contributed by atoms with E-state index in [9.17, 15) is 9.18 Å². The molecule has 1 saturated heterocycles. The summed E-state index contributed by atoms with van der Waals surface area (Å²) >= 11 is 0. The second-order valence-corrected chi connectivity index (χ2v) is 7.04. The zero-order valence-corrected chi connectivity index (χ0v) is 15.7. The Labute approximate surface area is 163 Å². The van der Waals surface area contributed by atoms with E-state index in [1.807, 2.05) is 29.2 Å². The second kappa shape index (κ2) is 7.90. The molecule has 28 heavy (non-hydrogen) atoms. The summed E-state index contributed by atoms with van der Waals surface area (Å²) in [4.78, 5) is 24.9. The number of piperazine rings is 1. The number of carbonyl (C=O) groups is 1. The summed E-state index contributed by atoms with van der Waals surface area (Å²) in [5.41, 5.74) is 2.07. The first-order valence-corrected chi connectivity index (χ1v) is 9.31. The minimum absolute atomic E-state index is 0.158. The molecule has 0 bridgehead atoms.